The van der Waals surface area contributed by atoms with Gasteiger partial charge >= 0.3 is 0 Å². The lowest BCUT2D eigenvalue weighted by Crippen LogP contribution is -2.29. The minimum Gasteiger partial charge on any atom is -0.506 e. The summed E-state index contributed by atoms with van der Waals surface area (Å²) in [5.41, 5.74) is 2.89. The number of rotatable bonds is 8. The molecule has 0 fully saturated rings. The molecule has 34 heavy (non-hydrogen) atoms. The number of carbonyl (C=O) groups excluding carboxylic acids is 1. The molecule has 0 bridgehead atoms. The molecule has 7 heteroatoms. The summed E-state index contributed by atoms with van der Waals surface area (Å²) in [5.74, 6) is -0.674. The van der Waals surface area contributed by atoms with E-state index in [1.54, 1.807) is 43.7 Å². The summed E-state index contributed by atoms with van der Waals surface area (Å²) in [6, 6.07) is 18.4. The van der Waals surface area contributed by atoms with Gasteiger partial charge in [-0.1, -0.05) is 24.3 Å². The van der Waals surface area contributed by atoms with Gasteiger partial charge in [-0.2, -0.15) is 0 Å². The van der Waals surface area contributed by atoms with Gasteiger partial charge in [0.2, 0.25) is 0 Å². The quantitative estimate of drug-likeness (QED) is 0.392. The molecular formula is C27H28N4O3. The molecule has 1 atom stereocenters. The minimum absolute atomic E-state index is 0.0214. The molecule has 0 radical (unpaired) electrons. The van der Waals surface area contributed by atoms with Gasteiger partial charge in [0.1, 0.15) is 11.3 Å². The molecule has 2 N–H and O–H groups in total. The number of aromatic hydroxyl groups is 1. The van der Waals surface area contributed by atoms with Crippen molar-refractivity contribution in [3.63, 3.8) is 0 Å². The number of pyridine rings is 2. The van der Waals surface area contributed by atoms with E-state index in [4.69, 9.17) is 0 Å². The van der Waals surface area contributed by atoms with E-state index in [1.807, 2.05) is 55.4 Å². The van der Waals surface area contributed by atoms with Gasteiger partial charge in [-0.3, -0.25) is 14.6 Å². The number of benzene rings is 2. The van der Waals surface area contributed by atoms with Crippen LogP contribution in [0.15, 0.2) is 77.9 Å². The number of Topliss-reactive ketones (excluding diaryl/α,β-unsaturated/α-hetero) is 1. The number of aryl methyl sites for hydroxylation is 1. The van der Waals surface area contributed by atoms with E-state index < -0.39 is 11.3 Å². The molecule has 0 aliphatic rings. The Morgan fingerprint density at radius 3 is 2.41 bits per heavy atom. The topological polar surface area (TPSA) is 87.5 Å². The van der Waals surface area contributed by atoms with Crippen molar-refractivity contribution in [2.24, 2.45) is 7.05 Å². The number of hydrogen-bond donors (Lipinski definition) is 2. The average Bonchev–Trinajstić information content (AvgIpc) is 2.86. The summed E-state index contributed by atoms with van der Waals surface area (Å²) in [6.07, 6.45) is 3.47. The summed E-state index contributed by atoms with van der Waals surface area (Å²) in [4.78, 5) is 32.5. The van der Waals surface area contributed by atoms with Crippen molar-refractivity contribution in [1.82, 2.24) is 14.9 Å². The molecule has 0 amide bonds. The Bertz CT molecular complexity index is 1360. The molecule has 174 valence electrons. The van der Waals surface area contributed by atoms with Crippen molar-refractivity contribution in [3.8, 4) is 5.75 Å². The number of carbonyl (C=O) groups is 1. The van der Waals surface area contributed by atoms with Crippen LogP contribution >= 0.6 is 0 Å². The first-order chi connectivity index (χ1) is 16.4. The second-order valence-electron chi connectivity index (χ2n) is 8.51. The van der Waals surface area contributed by atoms with Crippen LogP contribution in [0, 0.1) is 0 Å². The third-order valence-electron chi connectivity index (χ3n) is 6.06. The van der Waals surface area contributed by atoms with Crippen LogP contribution in [0.3, 0.4) is 0 Å². The lowest BCUT2D eigenvalue weighted by molar-refractivity contribution is 0.0964. The zero-order valence-corrected chi connectivity index (χ0v) is 19.5. The maximum absolute atomic E-state index is 13.4. The maximum atomic E-state index is 13.4. The Balaban J connectivity index is 1.68. The van der Waals surface area contributed by atoms with E-state index in [2.05, 4.69) is 10.3 Å². The third-order valence-corrected chi connectivity index (χ3v) is 6.06. The van der Waals surface area contributed by atoms with Gasteiger partial charge in [0.05, 0.1) is 5.52 Å². The van der Waals surface area contributed by atoms with Crippen LogP contribution in [0.25, 0.3) is 10.9 Å². The van der Waals surface area contributed by atoms with Gasteiger partial charge in [-0.25, -0.2) is 0 Å². The Morgan fingerprint density at radius 2 is 1.74 bits per heavy atom. The van der Waals surface area contributed by atoms with Crippen molar-refractivity contribution >= 4 is 22.4 Å². The molecule has 0 saturated heterocycles. The highest BCUT2D eigenvalue weighted by atomic mass is 16.3. The number of aromatic nitrogens is 2. The van der Waals surface area contributed by atoms with E-state index in [-0.39, 0.29) is 23.8 Å². The molecule has 0 aliphatic carbocycles. The number of para-hydroxylation sites is 1. The standard InChI is InChI=1S/C27H28N4O3/c1-30(2)20-10-8-19(9-11-20)22(29-17-18-12-14-28-15-13-18)16-24(32)25-26(33)21-6-4-5-7-23(21)31(3)27(25)34/h4-15,22,29,33H,16-17H2,1-3H3/t22-/m1/s1. The number of anilines is 1. The predicted molar refractivity (Wildman–Crippen MR) is 134 cm³/mol. The van der Waals surface area contributed by atoms with Crippen molar-refractivity contribution < 1.29 is 9.90 Å². The Morgan fingerprint density at radius 1 is 1.06 bits per heavy atom. The number of nitrogens with zero attached hydrogens (tertiary/aromatic N) is 3. The summed E-state index contributed by atoms with van der Waals surface area (Å²) in [7, 11) is 5.55. The van der Waals surface area contributed by atoms with Gasteiger partial charge < -0.3 is 19.9 Å². The summed E-state index contributed by atoms with van der Waals surface area (Å²) in [5, 5.41) is 14.8. The van der Waals surface area contributed by atoms with Crippen LogP contribution in [0.1, 0.15) is 33.9 Å². The van der Waals surface area contributed by atoms with Crippen molar-refractivity contribution in [3.05, 3.63) is 100 Å². The molecule has 4 aromatic rings. The second-order valence-corrected chi connectivity index (χ2v) is 8.51. The van der Waals surface area contributed by atoms with Crippen molar-refractivity contribution in [2.75, 3.05) is 19.0 Å². The summed E-state index contributed by atoms with van der Waals surface area (Å²) >= 11 is 0. The zero-order valence-electron chi connectivity index (χ0n) is 19.5. The summed E-state index contributed by atoms with van der Waals surface area (Å²) in [6.45, 7) is 0.525. The average molecular weight is 457 g/mol. The highest BCUT2D eigenvalue weighted by molar-refractivity contribution is 6.03. The first kappa shape index (κ1) is 23.2. The van der Waals surface area contributed by atoms with Gasteiger partial charge in [0.25, 0.3) is 5.56 Å². The lowest BCUT2D eigenvalue weighted by Gasteiger charge is -2.21. The van der Waals surface area contributed by atoms with Crippen LogP contribution < -0.4 is 15.8 Å². The van der Waals surface area contributed by atoms with Crippen LogP contribution in [-0.2, 0) is 13.6 Å². The normalized spacial score (nSPS) is 12.0. The first-order valence-electron chi connectivity index (χ1n) is 11.1. The van der Waals surface area contributed by atoms with E-state index in [1.165, 1.54) is 4.57 Å². The fourth-order valence-electron chi connectivity index (χ4n) is 4.07. The molecule has 2 heterocycles. The van der Waals surface area contributed by atoms with E-state index in [9.17, 15) is 14.7 Å². The Hall–Kier alpha value is -3.97. The van der Waals surface area contributed by atoms with Crippen molar-refractivity contribution in [2.45, 2.75) is 19.0 Å². The first-order valence-corrected chi connectivity index (χ1v) is 11.1. The number of ketones is 1. The number of hydrogen-bond acceptors (Lipinski definition) is 6. The number of fused-ring (bicyclic) bond motifs is 1. The number of nitrogens with one attached hydrogen (secondary N) is 1. The fourth-order valence-corrected chi connectivity index (χ4v) is 4.07. The molecule has 2 aromatic carbocycles. The van der Waals surface area contributed by atoms with E-state index in [0.29, 0.717) is 17.4 Å². The molecule has 0 saturated carbocycles. The Labute approximate surface area is 198 Å². The van der Waals surface area contributed by atoms with Crippen LogP contribution in [0.5, 0.6) is 5.75 Å². The fraction of sp³-hybridized carbons (Fsp3) is 0.222. The second kappa shape index (κ2) is 9.89. The summed E-state index contributed by atoms with van der Waals surface area (Å²) < 4.78 is 1.41. The van der Waals surface area contributed by atoms with Gasteiger partial charge in [-0.05, 0) is 47.5 Å². The molecular weight excluding hydrogens is 428 g/mol. The van der Waals surface area contributed by atoms with Crippen LogP contribution in [0.4, 0.5) is 5.69 Å². The molecule has 7 nitrogen and oxygen atoms in total. The SMILES string of the molecule is CN(C)c1ccc([C@@H](CC(=O)c2c(O)c3ccccc3n(C)c2=O)NCc2ccncc2)cc1. The van der Waals surface area contributed by atoms with Crippen molar-refractivity contribution in [1.29, 1.82) is 0 Å². The third kappa shape index (κ3) is 4.70. The predicted octanol–water partition coefficient (Wildman–Crippen LogP) is 3.81. The monoisotopic (exact) mass is 456 g/mol. The maximum Gasteiger partial charge on any atom is 0.265 e. The lowest BCUT2D eigenvalue weighted by atomic mass is 9.96. The van der Waals surface area contributed by atoms with Gasteiger partial charge in [0.15, 0.2) is 5.78 Å². The van der Waals surface area contributed by atoms with Gasteiger partial charge in [-0.15, -0.1) is 0 Å². The van der Waals surface area contributed by atoms with E-state index >= 15 is 0 Å². The minimum atomic E-state index is -0.503. The van der Waals surface area contributed by atoms with Crippen LogP contribution in [-0.4, -0.2) is 34.5 Å². The molecule has 4 rings (SSSR count). The Kier molecular flexibility index (Phi) is 6.75. The smallest absolute Gasteiger partial charge is 0.265 e. The molecule has 0 spiro atoms. The molecule has 0 unspecified atom stereocenters. The van der Waals surface area contributed by atoms with Crippen LogP contribution in [0.2, 0.25) is 0 Å². The highest BCUT2D eigenvalue weighted by Crippen LogP contribution is 2.29. The largest absolute Gasteiger partial charge is 0.506 e. The zero-order chi connectivity index (χ0) is 24.2. The van der Waals surface area contributed by atoms with E-state index in [0.717, 1.165) is 16.8 Å². The molecule has 0 aliphatic heterocycles. The van der Waals surface area contributed by atoms with Gasteiger partial charge in [0, 0.05) is 63.6 Å². The highest BCUT2D eigenvalue weighted by Gasteiger charge is 2.24. The molecule has 2 aromatic heterocycles.